The molecule has 0 atom stereocenters. The Balaban J connectivity index is 0.000001000. The molecular weight excluding hydrogens is 206 g/mol. The molecule has 0 radical (unpaired) electrons. The van der Waals surface area contributed by atoms with E-state index in [-0.39, 0.29) is 12.4 Å². The molecular formula is C6H7Cl3N2. The lowest BCUT2D eigenvalue weighted by Gasteiger charge is -1.96. The molecule has 0 saturated heterocycles. The van der Waals surface area contributed by atoms with Gasteiger partial charge in [-0.05, 0) is 17.7 Å². The zero-order valence-electron chi connectivity index (χ0n) is 5.55. The van der Waals surface area contributed by atoms with Gasteiger partial charge in [0.2, 0.25) is 0 Å². The fraction of sp³-hybridized carbons (Fsp3) is 0.167. The zero-order valence-corrected chi connectivity index (χ0v) is 7.88. The van der Waals surface area contributed by atoms with Gasteiger partial charge in [0.25, 0.3) is 0 Å². The van der Waals surface area contributed by atoms with Crippen LogP contribution in [-0.4, -0.2) is 4.98 Å². The molecule has 2 nitrogen and oxygen atoms in total. The number of nitrogens with zero attached hydrogens (tertiary/aromatic N) is 1. The maximum atomic E-state index is 5.58. The van der Waals surface area contributed by atoms with Gasteiger partial charge in [-0.3, -0.25) is 0 Å². The average molecular weight is 213 g/mol. The van der Waals surface area contributed by atoms with Gasteiger partial charge in [0.15, 0.2) is 0 Å². The molecule has 1 heterocycles. The molecule has 2 N–H and O–H groups in total. The second-order valence-corrected chi connectivity index (χ2v) is 2.60. The minimum absolute atomic E-state index is 0. The molecule has 0 aliphatic rings. The lowest BCUT2D eigenvalue weighted by Crippen LogP contribution is -1.96. The first-order valence-corrected chi connectivity index (χ1v) is 3.50. The Morgan fingerprint density at radius 3 is 2.09 bits per heavy atom. The molecule has 0 amide bonds. The van der Waals surface area contributed by atoms with Crippen molar-refractivity contribution in [3.05, 3.63) is 28.0 Å². The SMILES string of the molecule is Cl.NCc1cc(Cl)nc(Cl)c1. The third kappa shape index (κ3) is 3.25. The second-order valence-electron chi connectivity index (χ2n) is 1.82. The van der Waals surface area contributed by atoms with E-state index < -0.39 is 0 Å². The Kier molecular flexibility index (Phi) is 4.77. The van der Waals surface area contributed by atoms with Gasteiger partial charge in [-0.1, -0.05) is 23.2 Å². The molecule has 1 rings (SSSR count). The van der Waals surface area contributed by atoms with E-state index in [0.717, 1.165) is 5.56 Å². The topological polar surface area (TPSA) is 38.9 Å². The molecule has 0 bridgehead atoms. The van der Waals surface area contributed by atoms with Crippen LogP contribution >= 0.6 is 35.6 Å². The van der Waals surface area contributed by atoms with Gasteiger partial charge in [0, 0.05) is 6.54 Å². The molecule has 62 valence electrons. The van der Waals surface area contributed by atoms with Gasteiger partial charge in [-0.25, -0.2) is 4.98 Å². The monoisotopic (exact) mass is 212 g/mol. The number of hydrogen-bond donors (Lipinski definition) is 1. The van der Waals surface area contributed by atoms with Crippen molar-refractivity contribution < 1.29 is 0 Å². The minimum atomic E-state index is 0. The van der Waals surface area contributed by atoms with E-state index in [2.05, 4.69) is 4.98 Å². The zero-order chi connectivity index (χ0) is 7.56. The van der Waals surface area contributed by atoms with Crippen LogP contribution in [0.5, 0.6) is 0 Å². The minimum Gasteiger partial charge on any atom is -0.326 e. The number of aromatic nitrogens is 1. The first-order valence-electron chi connectivity index (χ1n) is 2.74. The molecule has 0 spiro atoms. The van der Waals surface area contributed by atoms with Crippen LogP contribution in [0.15, 0.2) is 12.1 Å². The fourth-order valence-corrected chi connectivity index (χ4v) is 1.14. The predicted octanol–water partition coefficient (Wildman–Crippen LogP) is 2.27. The first kappa shape index (κ1) is 11.0. The van der Waals surface area contributed by atoms with Crippen LogP contribution in [0, 0.1) is 0 Å². The van der Waals surface area contributed by atoms with Gasteiger partial charge in [0.05, 0.1) is 0 Å². The van der Waals surface area contributed by atoms with Crippen molar-refractivity contribution in [3.63, 3.8) is 0 Å². The lowest BCUT2D eigenvalue weighted by atomic mass is 10.3. The van der Waals surface area contributed by atoms with Gasteiger partial charge in [-0.15, -0.1) is 12.4 Å². The molecule has 11 heavy (non-hydrogen) atoms. The normalized spacial score (nSPS) is 9.00. The van der Waals surface area contributed by atoms with Crippen LogP contribution in [0.1, 0.15) is 5.56 Å². The highest BCUT2D eigenvalue weighted by Crippen LogP contribution is 2.13. The molecule has 5 heteroatoms. The summed E-state index contributed by atoms with van der Waals surface area (Å²) in [5.41, 5.74) is 6.24. The third-order valence-corrected chi connectivity index (χ3v) is 1.45. The Morgan fingerprint density at radius 1 is 1.27 bits per heavy atom. The number of halogens is 3. The summed E-state index contributed by atoms with van der Waals surface area (Å²) in [7, 11) is 0. The molecule has 0 aliphatic heterocycles. The van der Waals surface area contributed by atoms with Crippen LogP contribution in [0.2, 0.25) is 10.3 Å². The van der Waals surface area contributed by atoms with Crippen LogP contribution in [-0.2, 0) is 6.54 Å². The molecule has 1 aromatic rings. The summed E-state index contributed by atoms with van der Waals surface area (Å²) in [4.78, 5) is 3.76. The maximum absolute atomic E-state index is 5.58. The smallest absolute Gasteiger partial charge is 0.131 e. The molecule has 0 fully saturated rings. The molecule has 1 aromatic heterocycles. The maximum Gasteiger partial charge on any atom is 0.131 e. The molecule has 0 unspecified atom stereocenters. The highest BCUT2D eigenvalue weighted by atomic mass is 35.5. The molecule has 0 aromatic carbocycles. The molecule has 0 aliphatic carbocycles. The third-order valence-electron chi connectivity index (χ3n) is 1.06. The number of nitrogens with two attached hydrogens (primary N) is 1. The highest BCUT2D eigenvalue weighted by molar-refractivity contribution is 6.32. The van der Waals surface area contributed by atoms with Crippen molar-refractivity contribution >= 4 is 35.6 Å². The second kappa shape index (κ2) is 4.78. The summed E-state index contributed by atoms with van der Waals surface area (Å²) < 4.78 is 0. The van der Waals surface area contributed by atoms with Crippen molar-refractivity contribution in [3.8, 4) is 0 Å². The summed E-state index contributed by atoms with van der Waals surface area (Å²) in [6, 6.07) is 3.38. The quantitative estimate of drug-likeness (QED) is 0.727. The summed E-state index contributed by atoms with van der Waals surface area (Å²) >= 11 is 11.2. The Bertz CT molecular complexity index is 219. The molecule has 0 saturated carbocycles. The van der Waals surface area contributed by atoms with E-state index in [1.807, 2.05) is 0 Å². The summed E-state index contributed by atoms with van der Waals surface area (Å²) in [6.45, 7) is 0.432. The first-order chi connectivity index (χ1) is 4.72. The standard InChI is InChI=1S/C6H6Cl2N2.ClH/c7-5-1-4(3-9)2-6(8)10-5;/h1-2H,3,9H2;1H. The largest absolute Gasteiger partial charge is 0.326 e. The summed E-state index contributed by atoms with van der Waals surface area (Å²) in [6.07, 6.45) is 0. The predicted molar refractivity (Wildman–Crippen MR) is 49.4 cm³/mol. The van der Waals surface area contributed by atoms with Crippen molar-refractivity contribution in [1.82, 2.24) is 4.98 Å². The van der Waals surface area contributed by atoms with Crippen LogP contribution in [0.3, 0.4) is 0 Å². The van der Waals surface area contributed by atoms with Crippen LogP contribution in [0.25, 0.3) is 0 Å². The van der Waals surface area contributed by atoms with Crippen molar-refractivity contribution in [1.29, 1.82) is 0 Å². The van der Waals surface area contributed by atoms with E-state index in [9.17, 15) is 0 Å². The van der Waals surface area contributed by atoms with E-state index in [0.29, 0.717) is 16.9 Å². The van der Waals surface area contributed by atoms with Crippen molar-refractivity contribution in [2.24, 2.45) is 5.73 Å². The number of hydrogen-bond acceptors (Lipinski definition) is 2. The highest BCUT2D eigenvalue weighted by Gasteiger charge is 1.95. The fourth-order valence-electron chi connectivity index (χ4n) is 0.632. The van der Waals surface area contributed by atoms with E-state index in [4.69, 9.17) is 28.9 Å². The summed E-state index contributed by atoms with van der Waals surface area (Å²) in [5.74, 6) is 0. The van der Waals surface area contributed by atoms with E-state index in [1.165, 1.54) is 0 Å². The Hall–Kier alpha value is -0.0200. The summed E-state index contributed by atoms with van der Waals surface area (Å²) in [5, 5.41) is 0.765. The average Bonchev–Trinajstić information content (AvgIpc) is 1.85. The Morgan fingerprint density at radius 2 is 1.73 bits per heavy atom. The van der Waals surface area contributed by atoms with Gasteiger partial charge in [-0.2, -0.15) is 0 Å². The van der Waals surface area contributed by atoms with Gasteiger partial charge in [0.1, 0.15) is 10.3 Å². The van der Waals surface area contributed by atoms with E-state index >= 15 is 0 Å². The lowest BCUT2D eigenvalue weighted by molar-refractivity contribution is 1.06. The number of pyridine rings is 1. The van der Waals surface area contributed by atoms with Crippen LogP contribution in [0.4, 0.5) is 0 Å². The number of rotatable bonds is 1. The van der Waals surface area contributed by atoms with E-state index in [1.54, 1.807) is 12.1 Å². The van der Waals surface area contributed by atoms with Crippen molar-refractivity contribution in [2.75, 3.05) is 0 Å². The van der Waals surface area contributed by atoms with Crippen LogP contribution < -0.4 is 5.73 Å². The van der Waals surface area contributed by atoms with Crippen molar-refractivity contribution in [2.45, 2.75) is 6.54 Å². The van der Waals surface area contributed by atoms with Gasteiger partial charge < -0.3 is 5.73 Å². The Labute approximate surface area is 81.1 Å². The van der Waals surface area contributed by atoms with Gasteiger partial charge >= 0.3 is 0 Å².